The number of anilines is 2. The summed E-state index contributed by atoms with van der Waals surface area (Å²) in [5, 5.41) is 11.7. The molecule has 0 saturated heterocycles. The van der Waals surface area contributed by atoms with Crippen molar-refractivity contribution in [2.75, 3.05) is 23.2 Å². The zero-order valence-electron chi connectivity index (χ0n) is 16.3. The smallest absolute Gasteiger partial charge is 0.277 e. The second-order valence-corrected chi connectivity index (χ2v) is 8.77. The van der Waals surface area contributed by atoms with E-state index in [-0.39, 0.29) is 34.5 Å². The van der Waals surface area contributed by atoms with Crippen LogP contribution in [0.25, 0.3) is 0 Å². The Morgan fingerprint density at radius 1 is 1.10 bits per heavy atom. The molecule has 8 nitrogen and oxygen atoms in total. The Labute approximate surface area is 179 Å². The molecule has 3 N–H and O–H groups in total. The zero-order chi connectivity index (χ0) is 22.1. The van der Waals surface area contributed by atoms with E-state index in [1.807, 2.05) is 13.0 Å². The first-order chi connectivity index (χ1) is 14.1. The summed E-state index contributed by atoms with van der Waals surface area (Å²) in [5.74, 6) is -1.27. The lowest BCUT2D eigenvalue weighted by Crippen LogP contribution is -2.34. The van der Waals surface area contributed by atoms with Crippen molar-refractivity contribution < 1.29 is 23.1 Å². The second kappa shape index (κ2) is 8.47. The summed E-state index contributed by atoms with van der Waals surface area (Å²) >= 11 is 6.20. The molecule has 1 aliphatic rings. The minimum absolute atomic E-state index is 0.0398. The van der Waals surface area contributed by atoms with E-state index in [9.17, 15) is 18.0 Å². The van der Waals surface area contributed by atoms with Crippen LogP contribution in [0.15, 0.2) is 53.1 Å². The minimum atomic E-state index is -4.13. The van der Waals surface area contributed by atoms with Crippen molar-refractivity contribution in [1.82, 2.24) is 4.90 Å². The number of sulfonamides is 1. The number of carbonyl (C=O) groups is 2. The van der Waals surface area contributed by atoms with Crippen molar-refractivity contribution >= 4 is 44.8 Å². The van der Waals surface area contributed by atoms with Crippen molar-refractivity contribution in [2.24, 2.45) is 0 Å². The summed E-state index contributed by atoms with van der Waals surface area (Å²) in [6.45, 7) is 3.14. The fourth-order valence-electron chi connectivity index (χ4n) is 3.06. The molecule has 0 radical (unpaired) electrons. The number of benzene rings is 2. The molecular formula is C20H20ClN3O5S. The van der Waals surface area contributed by atoms with E-state index in [2.05, 4.69) is 10.0 Å². The highest BCUT2D eigenvalue weighted by Crippen LogP contribution is 2.33. The first-order valence-electron chi connectivity index (χ1n) is 8.98. The molecule has 158 valence electrons. The van der Waals surface area contributed by atoms with Gasteiger partial charge in [-0.1, -0.05) is 35.4 Å². The standard InChI is InChI=1S/C20H20ClN3O5S/c1-12-6-7-15(13(2)10-12)23-30(28,29)19-14(21)4-3-5-16(19)22-17-11-18(26)24(8-9-25)20(17)27/h3-7,10-11,22-23,25H,8-9H2,1-2H3. The molecule has 10 heteroatoms. The SMILES string of the molecule is Cc1ccc(NS(=O)(=O)c2c(Cl)cccc2NC2=CC(=O)N(CCO)C2=O)c(C)c1. The third kappa shape index (κ3) is 4.33. The number of imide groups is 1. The van der Waals surface area contributed by atoms with Crippen LogP contribution in [0.4, 0.5) is 11.4 Å². The topological polar surface area (TPSA) is 116 Å². The molecule has 2 aromatic rings. The van der Waals surface area contributed by atoms with Gasteiger partial charge < -0.3 is 10.4 Å². The molecule has 3 rings (SSSR count). The van der Waals surface area contributed by atoms with Crippen LogP contribution in [0, 0.1) is 13.8 Å². The average Bonchev–Trinajstić information content (AvgIpc) is 2.91. The van der Waals surface area contributed by atoms with E-state index in [1.54, 1.807) is 19.1 Å². The Balaban J connectivity index is 1.96. The fraction of sp³-hybridized carbons (Fsp3) is 0.200. The minimum Gasteiger partial charge on any atom is -0.395 e. The van der Waals surface area contributed by atoms with Crippen LogP contribution in [0.5, 0.6) is 0 Å². The number of β-amino-alcohol motifs (C(OH)–C–C–N with tert-alkyl or cyclic N) is 1. The molecule has 0 atom stereocenters. The Morgan fingerprint density at radius 2 is 1.83 bits per heavy atom. The summed E-state index contributed by atoms with van der Waals surface area (Å²) in [6, 6.07) is 9.65. The van der Waals surface area contributed by atoms with Crippen LogP contribution in [-0.2, 0) is 19.6 Å². The van der Waals surface area contributed by atoms with Crippen LogP contribution in [0.1, 0.15) is 11.1 Å². The molecule has 0 saturated carbocycles. The van der Waals surface area contributed by atoms with Gasteiger partial charge in [0.05, 0.1) is 29.5 Å². The van der Waals surface area contributed by atoms with E-state index in [0.717, 1.165) is 22.1 Å². The van der Waals surface area contributed by atoms with E-state index in [1.165, 1.54) is 18.2 Å². The van der Waals surface area contributed by atoms with E-state index < -0.39 is 21.8 Å². The van der Waals surface area contributed by atoms with Gasteiger partial charge in [-0.15, -0.1) is 0 Å². The van der Waals surface area contributed by atoms with Gasteiger partial charge in [-0.2, -0.15) is 0 Å². The van der Waals surface area contributed by atoms with Crippen molar-refractivity contribution in [3.8, 4) is 0 Å². The number of aliphatic hydroxyl groups excluding tert-OH is 1. The summed E-state index contributed by atoms with van der Waals surface area (Å²) in [7, 11) is -4.13. The van der Waals surface area contributed by atoms with Crippen molar-refractivity contribution in [3.05, 3.63) is 64.3 Å². The quantitative estimate of drug-likeness (QED) is 0.559. The van der Waals surface area contributed by atoms with Gasteiger partial charge in [0.1, 0.15) is 10.6 Å². The number of nitrogens with zero attached hydrogens (tertiary/aromatic N) is 1. The lowest BCUT2D eigenvalue weighted by Gasteiger charge is -2.17. The molecular weight excluding hydrogens is 430 g/mol. The number of aryl methyl sites for hydroxylation is 2. The molecule has 0 aromatic heterocycles. The number of hydrogen-bond acceptors (Lipinski definition) is 6. The summed E-state index contributed by atoms with van der Waals surface area (Å²) in [6.07, 6.45) is 1.05. The van der Waals surface area contributed by atoms with Crippen molar-refractivity contribution in [2.45, 2.75) is 18.7 Å². The number of amides is 2. The van der Waals surface area contributed by atoms with Gasteiger partial charge in [-0.05, 0) is 37.6 Å². The number of aliphatic hydroxyl groups is 1. The Bertz CT molecular complexity index is 1160. The highest BCUT2D eigenvalue weighted by molar-refractivity contribution is 7.93. The maximum atomic E-state index is 13.1. The van der Waals surface area contributed by atoms with Crippen LogP contribution in [0.3, 0.4) is 0 Å². The average molecular weight is 450 g/mol. The van der Waals surface area contributed by atoms with Gasteiger partial charge in [-0.25, -0.2) is 8.42 Å². The lowest BCUT2D eigenvalue weighted by molar-refractivity contribution is -0.137. The third-order valence-electron chi connectivity index (χ3n) is 4.46. The van der Waals surface area contributed by atoms with Gasteiger partial charge in [-0.3, -0.25) is 19.2 Å². The number of nitrogens with one attached hydrogen (secondary N) is 2. The Kier molecular flexibility index (Phi) is 6.16. The van der Waals surface area contributed by atoms with Crippen LogP contribution < -0.4 is 10.0 Å². The molecule has 1 heterocycles. The molecule has 1 aliphatic heterocycles. The molecule has 2 amide bonds. The molecule has 0 spiro atoms. The zero-order valence-corrected chi connectivity index (χ0v) is 17.8. The van der Waals surface area contributed by atoms with Crippen molar-refractivity contribution in [3.63, 3.8) is 0 Å². The van der Waals surface area contributed by atoms with Gasteiger partial charge >= 0.3 is 0 Å². The number of rotatable bonds is 7. The summed E-state index contributed by atoms with van der Waals surface area (Å²) in [5.41, 5.74) is 2.04. The third-order valence-corrected chi connectivity index (χ3v) is 6.36. The maximum Gasteiger partial charge on any atom is 0.277 e. The first kappa shape index (κ1) is 21.8. The molecule has 30 heavy (non-hydrogen) atoms. The van der Waals surface area contributed by atoms with Gasteiger partial charge in [0, 0.05) is 6.08 Å². The highest BCUT2D eigenvalue weighted by atomic mass is 35.5. The van der Waals surface area contributed by atoms with Gasteiger partial charge in [0.2, 0.25) is 0 Å². The Hall–Kier alpha value is -2.88. The van der Waals surface area contributed by atoms with Gasteiger partial charge in [0.15, 0.2) is 0 Å². The Morgan fingerprint density at radius 3 is 2.50 bits per heavy atom. The summed E-state index contributed by atoms with van der Waals surface area (Å²) in [4.78, 5) is 24.9. The largest absolute Gasteiger partial charge is 0.395 e. The predicted molar refractivity (Wildman–Crippen MR) is 114 cm³/mol. The molecule has 0 unspecified atom stereocenters. The van der Waals surface area contributed by atoms with Crippen molar-refractivity contribution in [1.29, 1.82) is 0 Å². The fourth-order valence-corrected chi connectivity index (χ4v) is 4.89. The second-order valence-electron chi connectivity index (χ2n) is 6.74. The van der Waals surface area contributed by atoms with Crippen LogP contribution in [0.2, 0.25) is 5.02 Å². The summed E-state index contributed by atoms with van der Waals surface area (Å²) < 4.78 is 28.8. The first-order valence-corrected chi connectivity index (χ1v) is 10.8. The van der Waals surface area contributed by atoms with E-state index in [0.29, 0.717) is 5.69 Å². The monoisotopic (exact) mass is 449 g/mol. The van der Waals surface area contributed by atoms with Gasteiger partial charge in [0.25, 0.3) is 21.8 Å². The molecule has 0 fully saturated rings. The van der Waals surface area contributed by atoms with Crippen LogP contribution in [-0.4, -0.2) is 43.4 Å². The van der Waals surface area contributed by atoms with Crippen LogP contribution >= 0.6 is 11.6 Å². The molecule has 0 bridgehead atoms. The molecule has 2 aromatic carbocycles. The number of halogens is 1. The highest BCUT2D eigenvalue weighted by Gasteiger charge is 2.32. The van der Waals surface area contributed by atoms with E-state index >= 15 is 0 Å². The number of carbonyl (C=O) groups excluding carboxylic acids is 2. The lowest BCUT2D eigenvalue weighted by atomic mass is 10.1. The maximum absolute atomic E-state index is 13.1. The van der Waals surface area contributed by atoms with E-state index in [4.69, 9.17) is 16.7 Å². The predicted octanol–water partition coefficient (Wildman–Crippen LogP) is 2.41. The normalized spacial score (nSPS) is 14.1. The number of hydrogen-bond donors (Lipinski definition) is 3. The molecule has 0 aliphatic carbocycles.